The first-order chi connectivity index (χ1) is 12.5. The minimum Gasteiger partial charge on any atom is -0.338 e. The molecular formula is C17H18N4O3S2. The Morgan fingerprint density at radius 3 is 2.65 bits per heavy atom. The third-order valence-corrected chi connectivity index (χ3v) is 5.89. The van der Waals surface area contributed by atoms with Gasteiger partial charge in [0.2, 0.25) is 0 Å². The molecule has 1 heterocycles. The number of anilines is 2. The van der Waals surface area contributed by atoms with Crippen LogP contribution in [0.25, 0.3) is 10.2 Å². The number of thiazole rings is 1. The monoisotopic (exact) mass is 390 g/mol. The first kappa shape index (κ1) is 18.2. The molecule has 3 N–H and O–H groups in total. The lowest BCUT2D eigenvalue weighted by Gasteiger charge is -2.06. The van der Waals surface area contributed by atoms with E-state index in [1.165, 1.54) is 23.5 Å². The van der Waals surface area contributed by atoms with Gasteiger partial charge < -0.3 is 10.6 Å². The fraction of sp³-hybridized carbons (Fsp3) is 0.176. The topological polar surface area (TPSA) is 100 Å². The molecule has 3 aromatic rings. The average Bonchev–Trinajstić information content (AvgIpc) is 3.01. The Hall–Kier alpha value is -2.65. The summed E-state index contributed by atoms with van der Waals surface area (Å²) in [4.78, 5) is 16.2. The van der Waals surface area contributed by atoms with Crippen LogP contribution in [0.3, 0.4) is 0 Å². The molecule has 2 aromatic carbocycles. The van der Waals surface area contributed by atoms with E-state index in [0.717, 1.165) is 11.1 Å². The van der Waals surface area contributed by atoms with E-state index >= 15 is 0 Å². The third-order valence-electron chi connectivity index (χ3n) is 3.46. The second kappa shape index (κ2) is 7.71. The predicted octanol–water partition coefficient (Wildman–Crippen LogP) is 3.63. The van der Waals surface area contributed by atoms with Gasteiger partial charge >= 0.3 is 6.03 Å². The molecule has 0 saturated carbocycles. The summed E-state index contributed by atoms with van der Waals surface area (Å²) in [5.41, 5.74) is 1.20. The van der Waals surface area contributed by atoms with Crippen LogP contribution < -0.4 is 15.4 Å². The lowest BCUT2D eigenvalue weighted by molar-refractivity contribution is 0.252. The van der Waals surface area contributed by atoms with Crippen LogP contribution in [0.1, 0.15) is 13.3 Å². The number of carbonyl (C=O) groups is 1. The van der Waals surface area contributed by atoms with Crippen LogP contribution in [0.2, 0.25) is 0 Å². The Morgan fingerprint density at radius 1 is 1.15 bits per heavy atom. The molecule has 0 spiro atoms. The first-order valence-corrected chi connectivity index (χ1v) is 10.3. The van der Waals surface area contributed by atoms with Crippen molar-refractivity contribution in [3.05, 3.63) is 48.5 Å². The molecule has 1 aromatic heterocycles. The first-order valence-electron chi connectivity index (χ1n) is 8.01. The van der Waals surface area contributed by atoms with Gasteiger partial charge in [0.25, 0.3) is 10.0 Å². The molecule has 0 fully saturated rings. The summed E-state index contributed by atoms with van der Waals surface area (Å²) in [5.74, 6) is 0. The lowest BCUT2D eigenvalue weighted by atomic mass is 10.3. The molecule has 136 valence electrons. The molecule has 0 aliphatic rings. The molecule has 7 nitrogen and oxygen atoms in total. The summed E-state index contributed by atoms with van der Waals surface area (Å²) >= 11 is 1.23. The summed E-state index contributed by atoms with van der Waals surface area (Å²) in [5, 5.41) is 5.73. The van der Waals surface area contributed by atoms with E-state index in [0.29, 0.717) is 17.7 Å². The van der Waals surface area contributed by atoms with Crippen molar-refractivity contribution < 1.29 is 13.2 Å². The summed E-state index contributed by atoms with van der Waals surface area (Å²) in [6.07, 6.45) is 0.851. The second-order valence-corrected chi connectivity index (χ2v) is 8.21. The van der Waals surface area contributed by atoms with Crippen LogP contribution in [-0.2, 0) is 10.0 Å². The highest BCUT2D eigenvalue weighted by molar-refractivity contribution is 7.93. The van der Waals surface area contributed by atoms with Crippen molar-refractivity contribution in [3.8, 4) is 0 Å². The second-order valence-electron chi connectivity index (χ2n) is 5.50. The van der Waals surface area contributed by atoms with Crippen molar-refractivity contribution in [2.75, 3.05) is 16.6 Å². The molecule has 0 bridgehead atoms. The number of carbonyl (C=O) groups excluding carboxylic acids is 1. The smallest absolute Gasteiger partial charge is 0.319 e. The van der Waals surface area contributed by atoms with Crippen LogP contribution in [-0.4, -0.2) is 26.0 Å². The van der Waals surface area contributed by atoms with Crippen LogP contribution in [0.4, 0.5) is 15.6 Å². The maximum atomic E-state index is 12.4. The zero-order chi connectivity index (χ0) is 18.6. The minimum atomic E-state index is -3.68. The van der Waals surface area contributed by atoms with E-state index in [9.17, 15) is 13.2 Å². The largest absolute Gasteiger partial charge is 0.338 e. The molecule has 3 rings (SSSR count). The lowest BCUT2D eigenvalue weighted by Crippen LogP contribution is -2.29. The minimum absolute atomic E-state index is 0.175. The molecule has 2 amide bonds. The van der Waals surface area contributed by atoms with Crippen LogP contribution in [0, 0.1) is 0 Å². The van der Waals surface area contributed by atoms with E-state index in [-0.39, 0.29) is 16.1 Å². The van der Waals surface area contributed by atoms with Gasteiger partial charge in [-0.2, -0.15) is 0 Å². The highest BCUT2D eigenvalue weighted by Crippen LogP contribution is 2.29. The van der Waals surface area contributed by atoms with Gasteiger partial charge in [0.05, 0.1) is 15.1 Å². The number of fused-ring (bicyclic) bond motifs is 1. The molecule has 0 aliphatic heterocycles. The average molecular weight is 390 g/mol. The van der Waals surface area contributed by atoms with Gasteiger partial charge in [-0.1, -0.05) is 36.5 Å². The maximum Gasteiger partial charge on any atom is 0.319 e. The van der Waals surface area contributed by atoms with Gasteiger partial charge in [-0.05, 0) is 36.8 Å². The van der Waals surface area contributed by atoms with Crippen LogP contribution in [0.5, 0.6) is 0 Å². The molecule has 0 unspecified atom stereocenters. The van der Waals surface area contributed by atoms with Gasteiger partial charge in [0.1, 0.15) is 0 Å². The Bertz CT molecular complexity index is 1020. The normalized spacial score (nSPS) is 11.3. The number of nitrogens with zero attached hydrogens (tertiary/aromatic N) is 1. The summed E-state index contributed by atoms with van der Waals surface area (Å²) < 4.78 is 28.1. The number of amides is 2. The summed E-state index contributed by atoms with van der Waals surface area (Å²) in [6.45, 7) is 2.57. The molecule has 9 heteroatoms. The van der Waals surface area contributed by atoms with Crippen molar-refractivity contribution in [1.82, 2.24) is 10.3 Å². The van der Waals surface area contributed by atoms with Crippen LogP contribution in [0.15, 0.2) is 53.4 Å². The fourth-order valence-electron chi connectivity index (χ4n) is 2.24. The predicted molar refractivity (Wildman–Crippen MR) is 104 cm³/mol. The molecule has 0 atom stereocenters. The number of hydrogen-bond donors (Lipinski definition) is 3. The van der Waals surface area contributed by atoms with Gasteiger partial charge in [-0.25, -0.2) is 18.2 Å². The van der Waals surface area contributed by atoms with E-state index < -0.39 is 10.0 Å². The number of hydrogen-bond acceptors (Lipinski definition) is 5. The standard InChI is InChI=1S/C17H18N4O3S2/c1-2-10-18-16(22)19-12-8-9-15-14(11-12)20-17(25-15)21-26(23,24)13-6-4-3-5-7-13/h3-9,11H,2,10H2,1H3,(H,20,21)(H2,18,19,22). The zero-order valence-electron chi connectivity index (χ0n) is 14.0. The summed E-state index contributed by atoms with van der Waals surface area (Å²) in [6, 6.07) is 13.1. The molecular weight excluding hydrogens is 372 g/mol. The highest BCUT2D eigenvalue weighted by atomic mass is 32.2. The van der Waals surface area contributed by atoms with Crippen molar-refractivity contribution in [1.29, 1.82) is 0 Å². The summed E-state index contributed by atoms with van der Waals surface area (Å²) in [7, 11) is -3.68. The quantitative estimate of drug-likeness (QED) is 0.598. The Kier molecular flexibility index (Phi) is 5.38. The number of benzene rings is 2. The fourth-order valence-corrected chi connectivity index (χ4v) is 4.34. The van der Waals surface area contributed by atoms with E-state index in [2.05, 4.69) is 20.3 Å². The number of nitrogens with one attached hydrogen (secondary N) is 3. The van der Waals surface area contributed by atoms with E-state index in [1.54, 1.807) is 36.4 Å². The number of aromatic nitrogens is 1. The third kappa shape index (κ3) is 4.30. The molecule has 0 aliphatic carbocycles. The van der Waals surface area contributed by atoms with Crippen molar-refractivity contribution >= 4 is 48.4 Å². The van der Waals surface area contributed by atoms with Gasteiger partial charge in [-0.3, -0.25) is 4.72 Å². The maximum absolute atomic E-state index is 12.4. The van der Waals surface area contributed by atoms with E-state index in [4.69, 9.17) is 0 Å². The molecule has 0 radical (unpaired) electrons. The number of sulfonamides is 1. The Labute approximate surface area is 155 Å². The Morgan fingerprint density at radius 2 is 1.92 bits per heavy atom. The van der Waals surface area contributed by atoms with Gasteiger partial charge in [-0.15, -0.1) is 0 Å². The van der Waals surface area contributed by atoms with E-state index in [1.807, 2.05) is 6.92 Å². The highest BCUT2D eigenvalue weighted by Gasteiger charge is 2.16. The van der Waals surface area contributed by atoms with Crippen LogP contribution >= 0.6 is 11.3 Å². The molecule has 0 saturated heterocycles. The van der Waals surface area contributed by atoms with Gasteiger partial charge in [0, 0.05) is 12.2 Å². The van der Waals surface area contributed by atoms with Crippen molar-refractivity contribution in [2.45, 2.75) is 18.2 Å². The van der Waals surface area contributed by atoms with Crippen molar-refractivity contribution in [3.63, 3.8) is 0 Å². The number of rotatable bonds is 6. The van der Waals surface area contributed by atoms with Crippen molar-refractivity contribution in [2.24, 2.45) is 0 Å². The van der Waals surface area contributed by atoms with Gasteiger partial charge in [0.15, 0.2) is 5.13 Å². The molecule has 26 heavy (non-hydrogen) atoms. The SMILES string of the molecule is CCCNC(=O)Nc1ccc2sc(NS(=O)(=O)c3ccccc3)nc2c1. The zero-order valence-corrected chi connectivity index (χ0v) is 15.7. The number of urea groups is 1. The Balaban J connectivity index is 1.78.